The minimum absolute atomic E-state index is 0.0866. The van der Waals surface area contributed by atoms with Crippen LogP contribution in [0.25, 0.3) is 0 Å². The van der Waals surface area contributed by atoms with Crippen LogP contribution in [0, 0.1) is 6.92 Å². The fourth-order valence-electron chi connectivity index (χ4n) is 1.87. The van der Waals surface area contributed by atoms with E-state index in [1.807, 2.05) is 6.92 Å². The summed E-state index contributed by atoms with van der Waals surface area (Å²) in [5.74, 6) is -1.83. The van der Waals surface area contributed by atoms with Crippen molar-refractivity contribution in [1.82, 2.24) is 5.32 Å². The molecule has 1 rings (SSSR count). The SMILES string of the molecule is CCCC(C)(NC(=O)c1cc(C)ccc1O)C(=O)O. The van der Waals surface area contributed by atoms with Crippen LogP contribution in [0.15, 0.2) is 18.2 Å². The molecule has 104 valence electrons. The second-order valence-electron chi connectivity index (χ2n) is 4.86. The number of carbonyl (C=O) groups excluding carboxylic acids is 1. The van der Waals surface area contributed by atoms with Crippen molar-refractivity contribution in [2.24, 2.45) is 0 Å². The molecule has 1 unspecified atom stereocenters. The summed E-state index contributed by atoms with van der Waals surface area (Å²) in [4.78, 5) is 23.3. The molecule has 0 saturated heterocycles. The van der Waals surface area contributed by atoms with Gasteiger partial charge in [-0.3, -0.25) is 4.79 Å². The number of aryl methyl sites for hydroxylation is 1. The summed E-state index contributed by atoms with van der Waals surface area (Å²) < 4.78 is 0. The minimum Gasteiger partial charge on any atom is -0.507 e. The van der Waals surface area contributed by atoms with Gasteiger partial charge in [0.2, 0.25) is 0 Å². The quantitative estimate of drug-likeness (QED) is 0.760. The van der Waals surface area contributed by atoms with E-state index in [4.69, 9.17) is 0 Å². The van der Waals surface area contributed by atoms with Crippen molar-refractivity contribution >= 4 is 11.9 Å². The van der Waals surface area contributed by atoms with Gasteiger partial charge in [0.25, 0.3) is 5.91 Å². The molecular formula is C14H19NO4. The highest BCUT2D eigenvalue weighted by Gasteiger charge is 2.34. The fourth-order valence-corrected chi connectivity index (χ4v) is 1.87. The van der Waals surface area contributed by atoms with Gasteiger partial charge in [-0.1, -0.05) is 25.0 Å². The Balaban J connectivity index is 3.00. The van der Waals surface area contributed by atoms with E-state index in [0.29, 0.717) is 12.8 Å². The first-order chi connectivity index (χ1) is 8.80. The zero-order valence-corrected chi connectivity index (χ0v) is 11.4. The van der Waals surface area contributed by atoms with Crippen LogP contribution in [0.5, 0.6) is 5.75 Å². The van der Waals surface area contributed by atoms with Crippen molar-refractivity contribution in [3.05, 3.63) is 29.3 Å². The van der Waals surface area contributed by atoms with Crippen LogP contribution < -0.4 is 5.32 Å². The van der Waals surface area contributed by atoms with Gasteiger partial charge in [0.1, 0.15) is 11.3 Å². The molecule has 19 heavy (non-hydrogen) atoms. The van der Waals surface area contributed by atoms with E-state index >= 15 is 0 Å². The first-order valence-electron chi connectivity index (χ1n) is 6.15. The summed E-state index contributed by atoms with van der Waals surface area (Å²) in [6.45, 7) is 5.10. The number of phenols is 1. The van der Waals surface area contributed by atoms with Gasteiger partial charge in [0.05, 0.1) is 5.56 Å². The summed E-state index contributed by atoms with van der Waals surface area (Å²) in [6.07, 6.45) is 0.948. The van der Waals surface area contributed by atoms with E-state index in [-0.39, 0.29) is 11.3 Å². The number of aromatic hydroxyl groups is 1. The minimum atomic E-state index is -1.33. The lowest BCUT2D eigenvalue weighted by Crippen LogP contribution is -2.52. The molecule has 0 fully saturated rings. The summed E-state index contributed by atoms with van der Waals surface area (Å²) in [7, 11) is 0. The van der Waals surface area contributed by atoms with E-state index in [0.717, 1.165) is 5.56 Å². The molecule has 0 aliphatic rings. The summed E-state index contributed by atoms with van der Waals surface area (Å²) in [5.41, 5.74) is -0.429. The van der Waals surface area contributed by atoms with Gasteiger partial charge in [-0.15, -0.1) is 0 Å². The van der Waals surface area contributed by atoms with Gasteiger partial charge < -0.3 is 15.5 Å². The van der Waals surface area contributed by atoms with Gasteiger partial charge in [-0.05, 0) is 32.4 Å². The Morgan fingerprint density at radius 1 is 1.37 bits per heavy atom. The van der Waals surface area contributed by atoms with E-state index < -0.39 is 17.4 Å². The van der Waals surface area contributed by atoms with Crippen molar-refractivity contribution in [2.45, 2.75) is 39.2 Å². The molecule has 0 aliphatic heterocycles. The molecule has 0 radical (unpaired) electrons. The second-order valence-corrected chi connectivity index (χ2v) is 4.86. The van der Waals surface area contributed by atoms with Crippen molar-refractivity contribution in [2.75, 3.05) is 0 Å². The molecule has 0 aliphatic carbocycles. The lowest BCUT2D eigenvalue weighted by molar-refractivity contribution is -0.144. The van der Waals surface area contributed by atoms with E-state index in [1.165, 1.54) is 19.1 Å². The highest BCUT2D eigenvalue weighted by atomic mass is 16.4. The number of phenolic OH excluding ortho intramolecular Hbond substituents is 1. The van der Waals surface area contributed by atoms with Crippen molar-refractivity contribution in [3.8, 4) is 5.75 Å². The van der Waals surface area contributed by atoms with Crippen LogP contribution in [0.3, 0.4) is 0 Å². The number of hydrogen-bond acceptors (Lipinski definition) is 3. The predicted molar refractivity (Wildman–Crippen MR) is 71.3 cm³/mol. The van der Waals surface area contributed by atoms with Gasteiger partial charge >= 0.3 is 5.97 Å². The lowest BCUT2D eigenvalue weighted by atomic mass is 9.95. The molecular weight excluding hydrogens is 246 g/mol. The molecule has 1 aromatic rings. The average molecular weight is 265 g/mol. The molecule has 0 heterocycles. The Bertz CT molecular complexity index is 498. The molecule has 3 N–H and O–H groups in total. The van der Waals surface area contributed by atoms with Crippen LogP contribution in [0.1, 0.15) is 42.6 Å². The average Bonchev–Trinajstić information content (AvgIpc) is 2.32. The lowest BCUT2D eigenvalue weighted by Gasteiger charge is -2.26. The zero-order valence-electron chi connectivity index (χ0n) is 11.4. The third-order valence-electron chi connectivity index (χ3n) is 3.01. The summed E-state index contributed by atoms with van der Waals surface area (Å²) in [5, 5.41) is 21.3. The molecule has 0 aromatic heterocycles. The number of carboxylic acids is 1. The van der Waals surface area contributed by atoms with Crippen LogP contribution in [-0.2, 0) is 4.79 Å². The smallest absolute Gasteiger partial charge is 0.329 e. The highest BCUT2D eigenvalue weighted by Crippen LogP contribution is 2.20. The fraction of sp³-hybridized carbons (Fsp3) is 0.429. The number of amides is 1. The predicted octanol–water partition coefficient (Wildman–Crippen LogP) is 2.07. The van der Waals surface area contributed by atoms with Gasteiger partial charge in [0, 0.05) is 0 Å². The molecule has 0 bridgehead atoms. The monoisotopic (exact) mass is 265 g/mol. The molecule has 1 atom stereocenters. The number of hydrogen-bond donors (Lipinski definition) is 3. The number of benzene rings is 1. The standard InChI is InChI=1S/C14H19NO4/c1-4-7-14(3,13(18)19)15-12(17)10-8-9(2)5-6-11(10)16/h5-6,8,16H,4,7H2,1-3H3,(H,15,17)(H,18,19). The molecule has 0 saturated carbocycles. The van der Waals surface area contributed by atoms with Gasteiger partial charge in [-0.2, -0.15) is 0 Å². The Labute approximate surface area is 112 Å². The van der Waals surface area contributed by atoms with Crippen molar-refractivity contribution < 1.29 is 19.8 Å². The Hall–Kier alpha value is -2.04. The normalized spacial score (nSPS) is 13.6. The maximum Gasteiger partial charge on any atom is 0.329 e. The first-order valence-corrected chi connectivity index (χ1v) is 6.15. The van der Waals surface area contributed by atoms with Gasteiger partial charge in [0.15, 0.2) is 0 Å². The van der Waals surface area contributed by atoms with Crippen LogP contribution in [0.4, 0.5) is 0 Å². The molecule has 0 spiro atoms. The number of carbonyl (C=O) groups is 2. The topological polar surface area (TPSA) is 86.6 Å². The maximum absolute atomic E-state index is 12.1. The second kappa shape index (κ2) is 5.73. The maximum atomic E-state index is 12.1. The molecule has 5 nitrogen and oxygen atoms in total. The Morgan fingerprint density at radius 3 is 2.53 bits per heavy atom. The third kappa shape index (κ3) is 3.47. The largest absolute Gasteiger partial charge is 0.507 e. The Morgan fingerprint density at radius 2 is 2.00 bits per heavy atom. The number of carboxylic acid groups (broad SMARTS) is 1. The van der Waals surface area contributed by atoms with Crippen molar-refractivity contribution in [3.63, 3.8) is 0 Å². The zero-order chi connectivity index (χ0) is 14.6. The molecule has 1 amide bonds. The Kier molecular flexibility index (Phi) is 4.53. The summed E-state index contributed by atoms with van der Waals surface area (Å²) >= 11 is 0. The highest BCUT2D eigenvalue weighted by molar-refractivity contribution is 5.99. The van der Waals surface area contributed by atoms with E-state index in [9.17, 15) is 19.8 Å². The number of rotatable bonds is 5. The van der Waals surface area contributed by atoms with E-state index in [2.05, 4.69) is 5.32 Å². The number of aliphatic carboxylic acids is 1. The van der Waals surface area contributed by atoms with Crippen molar-refractivity contribution in [1.29, 1.82) is 0 Å². The molecule has 5 heteroatoms. The van der Waals surface area contributed by atoms with Crippen LogP contribution >= 0.6 is 0 Å². The van der Waals surface area contributed by atoms with Crippen LogP contribution in [0.2, 0.25) is 0 Å². The molecule has 1 aromatic carbocycles. The van der Waals surface area contributed by atoms with Gasteiger partial charge in [-0.25, -0.2) is 4.79 Å². The number of nitrogens with one attached hydrogen (secondary N) is 1. The van der Waals surface area contributed by atoms with E-state index in [1.54, 1.807) is 13.0 Å². The summed E-state index contributed by atoms with van der Waals surface area (Å²) in [6, 6.07) is 4.62. The van der Waals surface area contributed by atoms with Crippen LogP contribution in [-0.4, -0.2) is 27.6 Å². The third-order valence-corrected chi connectivity index (χ3v) is 3.01. The first kappa shape index (κ1) is 15.0.